The summed E-state index contributed by atoms with van der Waals surface area (Å²) in [7, 11) is 0. The second kappa shape index (κ2) is 3.01. The van der Waals surface area contributed by atoms with Gasteiger partial charge in [0.25, 0.3) is 0 Å². The van der Waals surface area contributed by atoms with E-state index in [4.69, 9.17) is 0 Å². The number of rotatable bonds is 0. The molecule has 1 nitrogen and oxygen atoms in total. The normalized spacial score (nSPS) is 33.0. The van der Waals surface area contributed by atoms with Crippen molar-refractivity contribution in [3.05, 3.63) is 34.9 Å². The van der Waals surface area contributed by atoms with Crippen LogP contribution in [0.5, 0.6) is 0 Å². The third kappa shape index (κ3) is 1.04. The van der Waals surface area contributed by atoms with Crippen molar-refractivity contribution >= 4 is 0 Å². The Balaban J connectivity index is 1.77. The maximum Gasteiger partial charge on any atom is 0.0208 e. The lowest BCUT2D eigenvalue weighted by Gasteiger charge is -2.40. The van der Waals surface area contributed by atoms with Crippen LogP contribution in [0, 0.1) is 5.41 Å². The van der Waals surface area contributed by atoms with Crippen LogP contribution in [0.1, 0.15) is 61.1 Å². The van der Waals surface area contributed by atoms with E-state index in [9.17, 15) is 0 Å². The summed E-state index contributed by atoms with van der Waals surface area (Å²) in [4.78, 5) is 0. The molecule has 1 atom stereocenters. The van der Waals surface area contributed by atoms with E-state index in [1.807, 2.05) is 0 Å². The van der Waals surface area contributed by atoms with Gasteiger partial charge in [0.15, 0.2) is 0 Å². The lowest BCUT2D eigenvalue weighted by Crippen LogP contribution is -2.32. The fourth-order valence-electron chi connectivity index (χ4n) is 5.23. The largest absolute Gasteiger partial charge is 0.313 e. The van der Waals surface area contributed by atoms with Crippen molar-refractivity contribution in [3.63, 3.8) is 0 Å². The SMILES string of the molecule is c1cc2c3c(c1)C1(CC1)C1(CC1)C[C@@H]3CCNC2. The van der Waals surface area contributed by atoms with Crippen molar-refractivity contribution in [3.8, 4) is 0 Å². The van der Waals surface area contributed by atoms with Gasteiger partial charge in [-0.05, 0) is 73.1 Å². The van der Waals surface area contributed by atoms with Crippen LogP contribution in [0.2, 0.25) is 0 Å². The molecule has 2 spiro atoms. The highest BCUT2D eigenvalue weighted by Gasteiger charge is 2.68. The lowest BCUT2D eigenvalue weighted by molar-refractivity contribution is 0.286. The predicted molar refractivity (Wildman–Crippen MR) is 72.7 cm³/mol. The molecule has 0 unspecified atom stereocenters. The van der Waals surface area contributed by atoms with E-state index in [0.717, 1.165) is 17.9 Å². The van der Waals surface area contributed by atoms with Gasteiger partial charge in [-0.3, -0.25) is 0 Å². The summed E-state index contributed by atoms with van der Waals surface area (Å²) in [5, 5.41) is 3.62. The van der Waals surface area contributed by atoms with Crippen LogP contribution in [-0.2, 0) is 12.0 Å². The molecule has 1 aliphatic heterocycles. The van der Waals surface area contributed by atoms with E-state index in [1.54, 1.807) is 16.7 Å². The minimum Gasteiger partial charge on any atom is -0.313 e. The molecule has 0 bridgehead atoms. The standard InChI is InChI=1S/C17H21N/c1-2-13-11-18-9-4-12-10-16(5-6-16)17(7-8-17)14(3-1)15(12)13/h1-3,12,18H,4-11H2/t12-/m0/s1. The number of benzene rings is 1. The molecule has 2 fully saturated rings. The van der Waals surface area contributed by atoms with Crippen molar-refractivity contribution in [1.29, 1.82) is 0 Å². The Morgan fingerprint density at radius 2 is 2.00 bits per heavy atom. The van der Waals surface area contributed by atoms with Crippen molar-refractivity contribution in [2.75, 3.05) is 6.54 Å². The van der Waals surface area contributed by atoms with Gasteiger partial charge in [-0.2, -0.15) is 0 Å². The molecular formula is C17H21N. The molecule has 3 aliphatic carbocycles. The molecule has 0 radical (unpaired) electrons. The van der Waals surface area contributed by atoms with E-state index < -0.39 is 0 Å². The highest BCUT2D eigenvalue weighted by molar-refractivity contribution is 5.52. The molecular weight excluding hydrogens is 218 g/mol. The van der Waals surface area contributed by atoms with Crippen molar-refractivity contribution in [2.45, 2.75) is 56.4 Å². The van der Waals surface area contributed by atoms with Crippen molar-refractivity contribution in [1.82, 2.24) is 5.32 Å². The summed E-state index contributed by atoms with van der Waals surface area (Å²) in [6.45, 7) is 2.31. The molecule has 1 heterocycles. The van der Waals surface area contributed by atoms with E-state index in [2.05, 4.69) is 23.5 Å². The van der Waals surface area contributed by atoms with Gasteiger partial charge in [0.2, 0.25) is 0 Å². The minimum atomic E-state index is 0.638. The predicted octanol–water partition coefficient (Wildman–Crippen LogP) is 3.48. The van der Waals surface area contributed by atoms with Crippen LogP contribution in [-0.4, -0.2) is 6.54 Å². The fourth-order valence-corrected chi connectivity index (χ4v) is 5.23. The lowest BCUT2D eigenvalue weighted by atomic mass is 9.64. The summed E-state index contributed by atoms with van der Waals surface area (Å²) in [5.74, 6) is 0.861. The first-order chi connectivity index (χ1) is 8.85. The third-order valence-electron chi connectivity index (χ3n) is 6.36. The Kier molecular flexibility index (Phi) is 1.68. The Morgan fingerprint density at radius 1 is 1.11 bits per heavy atom. The zero-order valence-corrected chi connectivity index (χ0v) is 11.0. The van der Waals surface area contributed by atoms with Gasteiger partial charge in [-0.1, -0.05) is 18.2 Å². The van der Waals surface area contributed by atoms with E-state index in [-0.39, 0.29) is 0 Å². The quantitative estimate of drug-likeness (QED) is 0.731. The second-order valence-corrected chi connectivity index (χ2v) is 7.11. The first-order valence-corrected chi connectivity index (χ1v) is 7.68. The second-order valence-electron chi connectivity index (χ2n) is 7.11. The van der Waals surface area contributed by atoms with Crippen LogP contribution in [0.15, 0.2) is 18.2 Å². The average Bonchev–Trinajstić information content (AvgIpc) is 3.25. The molecule has 1 N–H and O–H groups in total. The van der Waals surface area contributed by atoms with Crippen LogP contribution in [0.25, 0.3) is 0 Å². The summed E-state index contributed by atoms with van der Waals surface area (Å²) < 4.78 is 0. The topological polar surface area (TPSA) is 12.0 Å². The van der Waals surface area contributed by atoms with Crippen molar-refractivity contribution < 1.29 is 0 Å². The van der Waals surface area contributed by atoms with Crippen LogP contribution in [0.3, 0.4) is 0 Å². The number of fused-ring (bicyclic) bond motifs is 2. The Hall–Kier alpha value is -0.820. The Morgan fingerprint density at radius 3 is 2.78 bits per heavy atom. The molecule has 0 aromatic heterocycles. The van der Waals surface area contributed by atoms with Crippen LogP contribution in [0.4, 0.5) is 0 Å². The summed E-state index contributed by atoms with van der Waals surface area (Å²) >= 11 is 0. The average molecular weight is 239 g/mol. The molecule has 0 amide bonds. The summed E-state index contributed by atoms with van der Waals surface area (Å²) in [6.07, 6.45) is 8.84. The molecule has 2 saturated carbocycles. The number of hydrogen-bond donors (Lipinski definition) is 1. The number of nitrogens with one attached hydrogen (secondary N) is 1. The highest BCUT2D eigenvalue weighted by atomic mass is 14.9. The zero-order valence-electron chi connectivity index (χ0n) is 11.0. The maximum absolute atomic E-state index is 3.62. The van der Waals surface area contributed by atoms with Gasteiger partial charge in [-0.25, -0.2) is 0 Å². The van der Waals surface area contributed by atoms with Gasteiger partial charge in [0.05, 0.1) is 0 Å². The fraction of sp³-hybridized carbons (Fsp3) is 0.647. The van der Waals surface area contributed by atoms with E-state index in [0.29, 0.717) is 5.41 Å². The Bertz CT molecular complexity index is 522. The summed E-state index contributed by atoms with van der Waals surface area (Å²) in [5.41, 5.74) is 6.54. The molecule has 1 aromatic rings. The van der Waals surface area contributed by atoms with Crippen LogP contribution < -0.4 is 5.32 Å². The first-order valence-electron chi connectivity index (χ1n) is 7.68. The molecule has 1 heteroatoms. The first kappa shape index (κ1) is 10.0. The molecule has 94 valence electrons. The minimum absolute atomic E-state index is 0.638. The maximum atomic E-state index is 3.62. The van der Waals surface area contributed by atoms with Gasteiger partial charge >= 0.3 is 0 Å². The molecule has 5 rings (SSSR count). The van der Waals surface area contributed by atoms with Gasteiger partial charge in [0.1, 0.15) is 0 Å². The van der Waals surface area contributed by atoms with Gasteiger partial charge < -0.3 is 5.32 Å². The molecule has 0 saturated heterocycles. The van der Waals surface area contributed by atoms with E-state index >= 15 is 0 Å². The van der Waals surface area contributed by atoms with Gasteiger partial charge in [-0.15, -0.1) is 0 Å². The monoisotopic (exact) mass is 239 g/mol. The van der Waals surface area contributed by atoms with Gasteiger partial charge in [0, 0.05) is 12.0 Å². The van der Waals surface area contributed by atoms with Crippen LogP contribution >= 0.6 is 0 Å². The zero-order chi connectivity index (χ0) is 11.8. The molecule has 1 aromatic carbocycles. The Labute approximate surface area is 109 Å². The van der Waals surface area contributed by atoms with E-state index in [1.165, 1.54) is 45.1 Å². The smallest absolute Gasteiger partial charge is 0.0208 e. The third-order valence-corrected chi connectivity index (χ3v) is 6.36. The highest BCUT2D eigenvalue weighted by Crippen LogP contribution is 2.76. The summed E-state index contributed by atoms with van der Waals surface area (Å²) in [6, 6.07) is 7.16. The number of hydrogen-bond acceptors (Lipinski definition) is 1. The van der Waals surface area contributed by atoms with Crippen molar-refractivity contribution in [2.24, 2.45) is 5.41 Å². The molecule has 18 heavy (non-hydrogen) atoms. The molecule has 4 aliphatic rings.